The standard InChI is InChI=1S/C12H19N5O2/c1-8(2)6-17-10-9(11(18)15(3)12(17)19)16(5-4-13)7-14-10/h7-8H,4-6,13H2,1-3H3. The summed E-state index contributed by atoms with van der Waals surface area (Å²) in [5, 5.41) is 0. The fourth-order valence-corrected chi connectivity index (χ4v) is 2.14. The van der Waals surface area contributed by atoms with E-state index in [1.807, 2.05) is 13.8 Å². The molecular formula is C12H19N5O2. The van der Waals surface area contributed by atoms with Crippen molar-refractivity contribution in [3.63, 3.8) is 0 Å². The van der Waals surface area contributed by atoms with E-state index in [0.29, 0.717) is 30.8 Å². The quantitative estimate of drug-likeness (QED) is 0.808. The molecule has 7 nitrogen and oxygen atoms in total. The van der Waals surface area contributed by atoms with Crippen molar-refractivity contribution in [2.45, 2.75) is 26.9 Å². The van der Waals surface area contributed by atoms with Crippen molar-refractivity contribution in [1.82, 2.24) is 18.7 Å². The summed E-state index contributed by atoms with van der Waals surface area (Å²) in [4.78, 5) is 28.6. The molecule has 19 heavy (non-hydrogen) atoms. The van der Waals surface area contributed by atoms with E-state index in [1.165, 1.54) is 7.05 Å². The van der Waals surface area contributed by atoms with E-state index in [4.69, 9.17) is 5.73 Å². The lowest BCUT2D eigenvalue weighted by atomic mass is 10.2. The number of imidazole rings is 1. The van der Waals surface area contributed by atoms with Gasteiger partial charge in [0, 0.05) is 26.7 Å². The Balaban J connectivity index is 2.82. The fourth-order valence-electron chi connectivity index (χ4n) is 2.14. The Kier molecular flexibility index (Phi) is 3.57. The molecule has 0 amide bonds. The molecule has 0 aliphatic heterocycles. The molecule has 0 aliphatic carbocycles. The van der Waals surface area contributed by atoms with Gasteiger partial charge in [-0.1, -0.05) is 13.8 Å². The van der Waals surface area contributed by atoms with Crippen LogP contribution in [0.25, 0.3) is 11.2 Å². The molecule has 104 valence electrons. The highest BCUT2D eigenvalue weighted by atomic mass is 16.2. The molecule has 2 heterocycles. The van der Waals surface area contributed by atoms with Gasteiger partial charge in [0.15, 0.2) is 11.2 Å². The minimum atomic E-state index is -0.329. The second-order valence-corrected chi connectivity index (χ2v) is 5.05. The Morgan fingerprint density at radius 1 is 1.37 bits per heavy atom. The smallest absolute Gasteiger partial charge is 0.329 e. The van der Waals surface area contributed by atoms with Crippen molar-refractivity contribution in [1.29, 1.82) is 0 Å². The third-order valence-corrected chi connectivity index (χ3v) is 3.02. The highest BCUT2D eigenvalue weighted by Crippen LogP contribution is 2.08. The lowest BCUT2D eigenvalue weighted by Crippen LogP contribution is -2.39. The zero-order valence-corrected chi connectivity index (χ0v) is 11.5. The summed E-state index contributed by atoms with van der Waals surface area (Å²) in [7, 11) is 1.49. The third kappa shape index (κ3) is 2.21. The van der Waals surface area contributed by atoms with E-state index < -0.39 is 0 Å². The number of rotatable bonds is 4. The molecule has 0 radical (unpaired) electrons. The molecule has 2 N–H and O–H groups in total. The first kappa shape index (κ1) is 13.5. The van der Waals surface area contributed by atoms with Crippen molar-refractivity contribution in [2.24, 2.45) is 18.7 Å². The molecule has 0 aliphatic rings. The first-order chi connectivity index (χ1) is 8.97. The molecule has 2 aromatic heterocycles. The minimum Gasteiger partial charge on any atom is -0.329 e. The second-order valence-electron chi connectivity index (χ2n) is 5.05. The van der Waals surface area contributed by atoms with Gasteiger partial charge in [-0.2, -0.15) is 0 Å². The van der Waals surface area contributed by atoms with Crippen molar-refractivity contribution in [2.75, 3.05) is 6.54 Å². The molecule has 0 spiro atoms. The Bertz CT molecular complexity index is 707. The number of fused-ring (bicyclic) bond motifs is 1. The summed E-state index contributed by atoms with van der Waals surface area (Å²) in [6, 6.07) is 0. The third-order valence-electron chi connectivity index (χ3n) is 3.02. The maximum atomic E-state index is 12.2. The van der Waals surface area contributed by atoms with Crippen LogP contribution in [0, 0.1) is 5.92 Å². The van der Waals surface area contributed by atoms with E-state index in [2.05, 4.69) is 4.98 Å². The lowest BCUT2D eigenvalue weighted by molar-refractivity contribution is 0.500. The van der Waals surface area contributed by atoms with Gasteiger partial charge in [-0.05, 0) is 5.92 Å². The maximum absolute atomic E-state index is 12.2. The van der Waals surface area contributed by atoms with E-state index in [0.717, 1.165) is 4.57 Å². The molecule has 0 aromatic carbocycles. The largest absolute Gasteiger partial charge is 0.332 e. The van der Waals surface area contributed by atoms with Gasteiger partial charge in [0.25, 0.3) is 5.56 Å². The zero-order valence-electron chi connectivity index (χ0n) is 11.5. The normalized spacial score (nSPS) is 11.6. The predicted octanol–water partition coefficient (Wildman–Crippen LogP) is -0.489. The van der Waals surface area contributed by atoms with Gasteiger partial charge in [0.1, 0.15) is 0 Å². The molecule has 0 unspecified atom stereocenters. The first-order valence-electron chi connectivity index (χ1n) is 6.32. The highest BCUT2D eigenvalue weighted by molar-refractivity contribution is 5.70. The van der Waals surface area contributed by atoms with Crippen molar-refractivity contribution < 1.29 is 0 Å². The number of hydrogen-bond acceptors (Lipinski definition) is 4. The van der Waals surface area contributed by atoms with Gasteiger partial charge in [-0.15, -0.1) is 0 Å². The van der Waals surface area contributed by atoms with Gasteiger partial charge < -0.3 is 10.3 Å². The van der Waals surface area contributed by atoms with Gasteiger partial charge >= 0.3 is 5.69 Å². The van der Waals surface area contributed by atoms with Crippen molar-refractivity contribution >= 4 is 11.2 Å². The van der Waals surface area contributed by atoms with E-state index in [9.17, 15) is 9.59 Å². The van der Waals surface area contributed by atoms with Crippen LogP contribution in [-0.2, 0) is 20.1 Å². The van der Waals surface area contributed by atoms with Crippen LogP contribution in [0.15, 0.2) is 15.9 Å². The average molecular weight is 265 g/mol. The van der Waals surface area contributed by atoms with Crippen LogP contribution < -0.4 is 17.0 Å². The van der Waals surface area contributed by atoms with Crippen LogP contribution in [-0.4, -0.2) is 25.2 Å². The fraction of sp³-hybridized carbons (Fsp3) is 0.583. The van der Waals surface area contributed by atoms with E-state index >= 15 is 0 Å². The summed E-state index contributed by atoms with van der Waals surface area (Å²) in [6.07, 6.45) is 1.56. The number of hydrogen-bond donors (Lipinski definition) is 1. The van der Waals surface area contributed by atoms with Crippen molar-refractivity contribution in [3.05, 3.63) is 27.2 Å². The van der Waals surface area contributed by atoms with Gasteiger partial charge in [0.2, 0.25) is 0 Å². The SMILES string of the molecule is CC(C)Cn1c(=O)n(C)c(=O)c2c1ncn2CCN. The number of aromatic nitrogens is 4. The number of nitrogens with two attached hydrogens (primary N) is 1. The lowest BCUT2D eigenvalue weighted by Gasteiger charge is -2.11. The van der Waals surface area contributed by atoms with Crippen molar-refractivity contribution in [3.8, 4) is 0 Å². The van der Waals surface area contributed by atoms with Crippen LogP contribution in [0.2, 0.25) is 0 Å². The molecule has 0 atom stereocenters. The summed E-state index contributed by atoms with van der Waals surface area (Å²) in [5.41, 5.74) is 5.74. The Morgan fingerprint density at radius 3 is 2.63 bits per heavy atom. The monoisotopic (exact) mass is 265 g/mol. The molecule has 2 rings (SSSR count). The van der Waals surface area contributed by atoms with Crippen LogP contribution in [0.5, 0.6) is 0 Å². The number of nitrogens with zero attached hydrogens (tertiary/aromatic N) is 4. The Labute approximate surface area is 110 Å². The van der Waals surface area contributed by atoms with E-state index in [-0.39, 0.29) is 17.2 Å². The van der Waals surface area contributed by atoms with Gasteiger partial charge in [-0.25, -0.2) is 9.78 Å². The molecule has 0 fully saturated rings. The molecule has 0 bridgehead atoms. The molecular weight excluding hydrogens is 246 g/mol. The summed E-state index contributed by atoms with van der Waals surface area (Å²) in [6.45, 7) is 5.48. The maximum Gasteiger partial charge on any atom is 0.332 e. The molecule has 2 aromatic rings. The highest BCUT2D eigenvalue weighted by Gasteiger charge is 2.16. The van der Waals surface area contributed by atoms with Crippen LogP contribution >= 0.6 is 0 Å². The topological polar surface area (TPSA) is 87.8 Å². The molecule has 0 saturated carbocycles. The summed E-state index contributed by atoms with van der Waals surface area (Å²) < 4.78 is 4.38. The summed E-state index contributed by atoms with van der Waals surface area (Å²) >= 11 is 0. The van der Waals surface area contributed by atoms with Crippen LogP contribution in [0.3, 0.4) is 0 Å². The molecule has 7 heteroatoms. The van der Waals surface area contributed by atoms with Crippen LogP contribution in [0.4, 0.5) is 0 Å². The Morgan fingerprint density at radius 2 is 2.05 bits per heavy atom. The van der Waals surface area contributed by atoms with Gasteiger partial charge in [0.05, 0.1) is 6.33 Å². The van der Waals surface area contributed by atoms with Gasteiger partial charge in [-0.3, -0.25) is 13.9 Å². The minimum absolute atomic E-state index is 0.290. The summed E-state index contributed by atoms with van der Waals surface area (Å²) in [5.74, 6) is 0.290. The van der Waals surface area contributed by atoms with Crippen LogP contribution in [0.1, 0.15) is 13.8 Å². The molecule has 0 saturated heterocycles. The predicted molar refractivity (Wildman–Crippen MR) is 73.1 cm³/mol. The second kappa shape index (κ2) is 5.00. The van der Waals surface area contributed by atoms with E-state index in [1.54, 1.807) is 15.5 Å². The first-order valence-corrected chi connectivity index (χ1v) is 6.32. The average Bonchev–Trinajstić information content (AvgIpc) is 2.76. The zero-order chi connectivity index (χ0) is 14.2. The Hall–Kier alpha value is -1.89.